The summed E-state index contributed by atoms with van der Waals surface area (Å²) < 4.78 is 2.21. The summed E-state index contributed by atoms with van der Waals surface area (Å²) in [5.74, 6) is 0. The van der Waals surface area contributed by atoms with E-state index < -0.39 is 0 Å². The van der Waals surface area contributed by atoms with E-state index >= 15 is 0 Å². The molecular formula is C13H12BrIN2. The highest BCUT2D eigenvalue weighted by molar-refractivity contribution is 14.1. The molecule has 1 unspecified atom stereocenters. The lowest BCUT2D eigenvalue weighted by molar-refractivity contribution is 0.846. The average Bonchev–Trinajstić information content (AvgIpc) is 2.32. The second-order valence-electron chi connectivity index (χ2n) is 3.88. The lowest BCUT2D eigenvalue weighted by atomic mass is 9.98. The Balaban J connectivity index is 2.47. The van der Waals surface area contributed by atoms with Crippen LogP contribution in [0, 0.1) is 10.5 Å². The monoisotopic (exact) mass is 402 g/mol. The molecule has 0 aliphatic heterocycles. The first kappa shape index (κ1) is 13.0. The van der Waals surface area contributed by atoms with Gasteiger partial charge in [-0.2, -0.15) is 0 Å². The predicted octanol–water partition coefficient (Wildman–Crippen LogP) is 3.81. The maximum Gasteiger partial charge on any atom is 0.0580 e. The van der Waals surface area contributed by atoms with Crippen LogP contribution in [0.2, 0.25) is 0 Å². The Kier molecular flexibility index (Phi) is 4.17. The minimum absolute atomic E-state index is 0.131. The second kappa shape index (κ2) is 5.46. The Morgan fingerprint density at radius 1 is 1.29 bits per heavy atom. The molecule has 0 bridgehead atoms. The molecule has 2 N–H and O–H groups in total. The summed E-state index contributed by atoms with van der Waals surface area (Å²) in [6.45, 7) is 2.06. The van der Waals surface area contributed by atoms with Crippen molar-refractivity contribution in [1.82, 2.24) is 4.98 Å². The van der Waals surface area contributed by atoms with E-state index in [0.29, 0.717) is 0 Å². The number of hydrogen-bond acceptors (Lipinski definition) is 2. The van der Waals surface area contributed by atoms with Crippen LogP contribution in [0.25, 0.3) is 0 Å². The van der Waals surface area contributed by atoms with E-state index in [9.17, 15) is 0 Å². The van der Waals surface area contributed by atoms with Crippen LogP contribution in [0.4, 0.5) is 0 Å². The van der Waals surface area contributed by atoms with E-state index in [4.69, 9.17) is 5.73 Å². The summed E-state index contributed by atoms with van der Waals surface area (Å²) in [6.07, 6.45) is 3.63. The van der Waals surface area contributed by atoms with Crippen LogP contribution in [0.15, 0.2) is 41.1 Å². The SMILES string of the molecule is Cc1ccncc1C(N)c1cc(Br)ccc1I. The van der Waals surface area contributed by atoms with E-state index in [2.05, 4.69) is 62.6 Å². The standard InChI is InChI=1S/C13H12BrIN2/c1-8-4-5-17-7-11(8)13(16)10-6-9(14)2-3-12(10)15/h2-7,13H,16H2,1H3. The highest BCUT2D eigenvalue weighted by Crippen LogP contribution is 2.28. The molecule has 0 saturated carbocycles. The number of aromatic nitrogens is 1. The molecule has 2 rings (SSSR count). The molecule has 4 heteroatoms. The molecule has 0 fully saturated rings. The highest BCUT2D eigenvalue weighted by Gasteiger charge is 2.14. The molecule has 0 spiro atoms. The number of halogens is 2. The Bertz CT molecular complexity index is 543. The minimum Gasteiger partial charge on any atom is -0.320 e. The summed E-state index contributed by atoms with van der Waals surface area (Å²) in [6, 6.07) is 8.01. The summed E-state index contributed by atoms with van der Waals surface area (Å²) in [4.78, 5) is 4.15. The number of aryl methyl sites for hydroxylation is 1. The Hall–Kier alpha value is -0.460. The van der Waals surface area contributed by atoms with Gasteiger partial charge in [-0.05, 0) is 70.5 Å². The van der Waals surface area contributed by atoms with Crippen molar-refractivity contribution >= 4 is 38.5 Å². The first-order valence-electron chi connectivity index (χ1n) is 5.20. The topological polar surface area (TPSA) is 38.9 Å². The zero-order chi connectivity index (χ0) is 12.4. The Morgan fingerprint density at radius 3 is 2.76 bits per heavy atom. The Morgan fingerprint density at radius 2 is 2.06 bits per heavy atom. The summed E-state index contributed by atoms with van der Waals surface area (Å²) >= 11 is 5.79. The molecule has 1 aromatic carbocycles. The van der Waals surface area contributed by atoms with Crippen molar-refractivity contribution in [3.8, 4) is 0 Å². The third kappa shape index (κ3) is 2.86. The fraction of sp³-hybridized carbons (Fsp3) is 0.154. The zero-order valence-electron chi connectivity index (χ0n) is 9.32. The summed E-state index contributed by atoms with van der Waals surface area (Å²) in [7, 11) is 0. The van der Waals surface area contributed by atoms with Gasteiger partial charge in [-0.25, -0.2) is 0 Å². The van der Waals surface area contributed by atoms with Crippen LogP contribution < -0.4 is 5.73 Å². The van der Waals surface area contributed by atoms with E-state index in [1.165, 1.54) is 9.13 Å². The van der Waals surface area contributed by atoms with Crippen molar-refractivity contribution < 1.29 is 0 Å². The summed E-state index contributed by atoms with van der Waals surface area (Å²) in [5, 5.41) is 0. The molecule has 2 nitrogen and oxygen atoms in total. The van der Waals surface area contributed by atoms with Gasteiger partial charge in [-0.15, -0.1) is 0 Å². The number of pyridine rings is 1. The van der Waals surface area contributed by atoms with Crippen molar-refractivity contribution in [1.29, 1.82) is 0 Å². The van der Waals surface area contributed by atoms with Gasteiger partial charge in [0.15, 0.2) is 0 Å². The predicted molar refractivity (Wildman–Crippen MR) is 81.9 cm³/mol. The number of rotatable bonds is 2. The molecule has 0 aliphatic rings. The molecular weight excluding hydrogens is 391 g/mol. The van der Waals surface area contributed by atoms with Crippen molar-refractivity contribution in [2.75, 3.05) is 0 Å². The molecule has 2 aromatic rings. The van der Waals surface area contributed by atoms with Crippen LogP contribution in [-0.4, -0.2) is 4.98 Å². The molecule has 0 radical (unpaired) electrons. The van der Waals surface area contributed by atoms with Gasteiger partial charge in [-0.1, -0.05) is 15.9 Å². The molecule has 0 saturated heterocycles. The van der Waals surface area contributed by atoms with Gasteiger partial charge in [0.05, 0.1) is 6.04 Å². The van der Waals surface area contributed by atoms with Gasteiger partial charge in [-0.3, -0.25) is 4.98 Å². The maximum absolute atomic E-state index is 6.32. The quantitative estimate of drug-likeness (QED) is 0.776. The van der Waals surface area contributed by atoms with Crippen LogP contribution in [0.1, 0.15) is 22.7 Å². The number of hydrogen-bond donors (Lipinski definition) is 1. The van der Waals surface area contributed by atoms with Gasteiger partial charge in [0.2, 0.25) is 0 Å². The molecule has 17 heavy (non-hydrogen) atoms. The van der Waals surface area contributed by atoms with Gasteiger partial charge in [0.1, 0.15) is 0 Å². The van der Waals surface area contributed by atoms with Crippen molar-refractivity contribution in [2.24, 2.45) is 5.73 Å². The van der Waals surface area contributed by atoms with Crippen LogP contribution >= 0.6 is 38.5 Å². The number of nitrogens with zero attached hydrogens (tertiary/aromatic N) is 1. The van der Waals surface area contributed by atoms with Gasteiger partial charge in [0.25, 0.3) is 0 Å². The maximum atomic E-state index is 6.32. The van der Waals surface area contributed by atoms with Crippen molar-refractivity contribution in [3.63, 3.8) is 0 Å². The van der Waals surface area contributed by atoms with E-state index in [1.807, 2.05) is 18.3 Å². The molecule has 0 aliphatic carbocycles. The van der Waals surface area contributed by atoms with Gasteiger partial charge in [0, 0.05) is 20.4 Å². The molecule has 88 valence electrons. The van der Waals surface area contributed by atoms with Crippen molar-refractivity contribution in [3.05, 3.63) is 61.4 Å². The smallest absolute Gasteiger partial charge is 0.0580 e. The lowest BCUT2D eigenvalue weighted by Crippen LogP contribution is -2.15. The van der Waals surface area contributed by atoms with Crippen LogP contribution in [-0.2, 0) is 0 Å². The normalized spacial score (nSPS) is 12.5. The zero-order valence-corrected chi connectivity index (χ0v) is 13.1. The van der Waals surface area contributed by atoms with Gasteiger partial charge >= 0.3 is 0 Å². The highest BCUT2D eigenvalue weighted by atomic mass is 127. The van der Waals surface area contributed by atoms with Crippen LogP contribution in [0.5, 0.6) is 0 Å². The van der Waals surface area contributed by atoms with Crippen molar-refractivity contribution in [2.45, 2.75) is 13.0 Å². The first-order valence-corrected chi connectivity index (χ1v) is 7.08. The average molecular weight is 403 g/mol. The molecule has 1 atom stereocenters. The number of nitrogens with two attached hydrogens (primary N) is 1. The minimum atomic E-state index is -0.131. The second-order valence-corrected chi connectivity index (χ2v) is 5.95. The Labute approximate surface area is 123 Å². The summed E-state index contributed by atoms with van der Waals surface area (Å²) in [5.41, 5.74) is 9.68. The molecule has 0 amide bonds. The number of benzene rings is 1. The fourth-order valence-electron chi connectivity index (χ4n) is 1.72. The third-order valence-corrected chi connectivity index (χ3v) is 4.18. The molecule has 1 heterocycles. The van der Waals surface area contributed by atoms with E-state index in [-0.39, 0.29) is 6.04 Å². The largest absolute Gasteiger partial charge is 0.320 e. The van der Waals surface area contributed by atoms with Gasteiger partial charge < -0.3 is 5.73 Å². The van der Waals surface area contributed by atoms with Crippen LogP contribution in [0.3, 0.4) is 0 Å². The first-order chi connectivity index (χ1) is 8.09. The van der Waals surface area contributed by atoms with E-state index in [1.54, 1.807) is 6.20 Å². The fourth-order valence-corrected chi connectivity index (χ4v) is 2.77. The lowest BCUT2D eigenvalue weighted by Gasteiger charge is -2.16. The van der Waals surface area contributed by atoms with E-state index in [0.717, 1.165) is 15.6 Å². The third-order valence-electron chi connectivity index (χ3n) is 2.71. The molecule has 1 aromatic heterocycles.